The normalized spacial score (nSPS) is 27.6. The van der Waals surface area contributed by atoms with Gasteiger partial charge in [0.2, 0.25) is 0 Å². The molecule has 1 saturated heterocycles. The van der Waals surface area contributed by atoms with Crippen LogP contribution < -0.4 is 0 Å². The number of hydrogen-bond acceptors (Lipinski definition) is 3. The van der Waals surface area contributed by atoms with E-state index in [0.29, 0.717) is 12.2 Å². The lowest BCUT2D eigenvalue weighted by Gasteiger charge is -2.35. The molecule has 0 N–H and O–H groups in total. The topological polar surface area (TPSA) is 27.7 Å². The summed E-state index contributed by atoms with van der Waals surface area (Å²) in [4.78, 5) is 0. The van der Waals surface area contributed by atoms with Gasteiger partial charge in [0, 0.05) is 12.8 Å². The Hall–Kier alpha value is -0.120. The Bertz CT molecular complexity index is 175. The molecule has 0 bridgehead atoms. The fraction of sp³-hybridized carbons (Fsp3) is 1.00. The minimum atomic E-state index is -0.239. The van der Waals surface area contributed by atoms with Gasteiger partial charge in [-0.25, -0.2) is 0 Å². The lowest BCUT2D eigenvalue weighted by molar-refractivity contribution is -0.194. The second-order valence-corrected chi connectivity index (χ2v) is 4.49. The van der Waals surface area contributed by atoms with Gasteiger partial charge in [-0.1, -0.05) is 0 Å². The van der Waals surface area contributed by atoms with Crippen LogP contribution in [0.25, 0.3) is 0 Å². The Kier molecular flexibility index (Phi) is 3.10. The molecule has 1 aliphatic heterocycles. The van der Waals surface area contributed by atoms with Crippen LogP contribution in [0, 0.1) is 0 Å². The highest BCUT2D eigenvalue weighted by molar-refractivity contribution is 4.83. The Labute approximate surface area is 85.7 Å². The molecule has 0 unspecified atom stereocenters. The first-order chi connectivity index (χ1) is 6.70. The number of hydrogen-bond donors (Lipinski definition) is 0. The van der Waals surface area contributed by atoms with Gasteiger partial charge in [0.25, 0.3) is 0 Å². The van der Waals surface area contributed by atoms with Gasteiger partial charge in [0.05, 0.1) is 25.4 Å². The summed E-state index contributed by atoms with van der Waals surface area (Å²) in [6.07, 6.45) is 4.86. The third kappa shape index (κ3) is 2.27. The molecule has 0 aromatic rings. The zero-order valence-electron chi connectivity index (χ0n) is 9.12. The molecule has 0 atom stereocenters. The zero-order valence-corrected chi connectivity index (χ0v) is 9.12. The first-order valence-electron chi connectivity index (χ1n) is 5.64. The van der Waals surface area contributed by atoms with E-state index in [1.54, 1.807) is 0 Å². The van der Waals surface area contributed by atoms with Crippen molar-refractivity contribution in [3.05, 3.63) is 0 Å². The summed E-state index contributed by atoms with van der Waals surface area (Å²) in [6, 6.07) is 0. The van der Waals surface area contributed by atoms with E-state index in [2.05, 4.69) is 13.8 Å². The molecule has 2 rings (SSSR count). The smallest absolute Gasteiger partial charge is 0.168 e. The summed E-state index contributed by atoms with van der Waals surface area (Å²) >= 11 is 0. The van der Waals surface area contributed by atoms with Crippen molar-refractivity contribution < 1.29 is 14.2 Å². The van der Waals surface area contributed by atoms with Crippen molar-refractivity contribution >= 4 is 0 Å². The molecule has 1 heterocycles. The number of ether oxygens (including phenoxy) is 3. The Balaban J connectivity index is 1.79. The van der Waals surface area contributed by atoms with E-state index >= 15 is 0 Å². The van der Waals surface area contributed by atoms with Crippen molar-refractivity contribution in [1.29, 1.82) is 0 Å². The monoisotopic (exact) mass is 200 g/mol. The lowest BCUT2D eigenvalue weighted by Crippen LogP contribution is -2.38. The van der Waals surface area contributed by atoms with E-state index in [1.807, 2.05) is 0 Å². The maximum absolute atomic E-state index is 5.78. The summed E-state index contributed by atoms with van der Waals surface area (Å²) in [5.41, 5.74) is 0. The second kappa shape index (κ2) is 4.17. The Morgan fingerprint density at radius 1 is 1.14 bits per heavy atom. The van der Waals surface area contributed by atoms with Crippen LogP contribution in [-0.2, 0) is 14.2 Å². The number of rotatable bonds is 2. The van der Waals surface area contributed by atoms with E-state index in [1.165, 1.54) is 0 Å². The van der Waals surface area contributed by atoms with Gasteiger partial charge in [0.1, 0.15) is 0 Å². The molecule has 0 amide bonds. The van der Waals surface area contributed by atoms with Crippen LogP contribution in [0.2, 0.25) is 0 Å². The van der Waals surface area contributed by atoms with E-state index in [9.17, 15) is 0 Å². The molecule has 1 aliphatic carbocycles. The first kappa shape index (κ1) is 10.4. The van der Waals surface area contributed by atoms with Gasteiger partial charge >= 0.3 is 0 Å². The molecule has 3 heteroatoms. The molecule has 3 nitrogen and oxygen atoms in total. The molecule has 2 aliphatic rings. The highest BCUT2D eigenvalue weighted by Gasteiger charge is 2.40. The Morgan fingerprint density at radius 3 is 2.21 bits per heavy atom. The molecule has 1 saturated carbocycles. The summed E-state index contributed by atoms with van der Waals surface area (Å²) < 4.78 is 17.1. The van der Waals surface area contributed by atoms with Crippen molar-refractivity contribution in [1.82, 2.24) is 0 Å². The summed E-state index contributed by atoms with van der Waals surface area (Å²) in [5.74, 6) is -0.239. The summed E-state index contributed by atoms with van der Waals surface area (Å²) in [6.45, 7) is 5.70. The molecule has 1 spiro atoms. The van der Waals surface area contributed by atoms with Crippen LogP contribution in [-0.4, -0.2) is 31.2 Å². The molecular weight excluding hydrogens is 180 g/mol. The molecular formula is C11H20O3. The average Bonchev–Trinajstić information content (AvgIpc) is 2.58. The third-order valence-corrected chi connectivity index (χ3v) is 2.97. The molecule has 2 fully saturated rings. The van der Waals surface area contributed by atoms with Crippen molar-refractivity contribution in [2.45, 2.75) is 57.5 Å². The summed E-state index contributed by atoms with van der Waals surface area (Å²) in [5, 5.41) is 0. The van der Waals surface area contributed by atoms with Crippen LogP contribution in [0.15, 0.2) is 0 Å². The van der Waals surface area contributed by atoms with Crippen molar-refractivity contribution in [2.75, 3.05) is 13.2 Å². The summed E-state index contributed by atoms with van der Waals surface area (Å²) in [7, 11) is 0. The zero-order chi connectivity index (χ0) is 10.0. The first-order valence-corrected chi connectivity index (χ1v) is 5.64. The lowest BCUT2D eigenvalue weighted by atomic mass is 9.91. The van der Waals surface area contributed by atoms with E-state index < -0.39 is 0 Å². The van der Waals surface area contributed by atoms with Crippen molar-refractivity contribution in [2.24, 2.45) is 0 Å². The van der Waals surface area contributed by atoms with Crippen LogP contribution in [0.3, 0.4) is 0 Å². The molecule has 14 heavy (non-hydrogen) atoms. The van der Waals surface area contributed by atoms with Gasteiger partial charge in [-0.15, -0.1) is 0 Å². The fourth-order valence-electron chi connectivity index (χ4n) is 2.34. The molecule has 0 aromatic heterocycles. The van der Waals surface area contributed by atoms with Gasteiger partial charge in [-0.05, 0) is 26.7 Å². The highest BCUT2D eigenvalue weighted by Crippen LogP contribution is 2.36. The minimum Gasteiger partial charge on any atom is -0.376 e. The predicted molar refractivity (Wildman–Crippen MR) is 53.1 cm³/mol. The second-order valence-electron chi connectivity index (χ2n) is 4.49. The predicted octanol–water partition coefficient (Wildman–Crippen LogP) is 2.10. The minimum absolute atomic E-state index is 0.239. The van der Waals surface area contributed by atoms with Gasteiger partial charge in [-0.2, -0.15) is 0 Å². The largest absolute Gasteiger partial charge is 0.376 e. The Morgan fingerprint density at radius 2 is 1.71 bits per heavy atom. The van der Waals surface area contributed by atoms with Gasteiger partial charge < -0.3 is 14.2 Å². The van der Waals surface area contributed by atoms with Gasteiger partial charge in [-0.3, -0.25) is 0 Å². The average molecular weight is 200 g/mol. The molecule has 82 valence electrons. The van der Waals surface area contributed by atoms with Crippen LogP contribution in [0.5, 0.6) is 0 Å². The molecule has 0 aromatic carbocycles. The highest BCUT2D eigenvalue weighted by atomic mass is 16.7. The third-order valence-electron chi connectivity index (χ3n) is 2.97. The van der Waals surface area contributed by atoms with E-state index in [0.717, 1.165) is 38.9 Å². The molecule has 0 radical (unpaired) electrons. The maximum Gasteiger partial charge on any atom is 0.168 e. The fourth-order valence-corrected chi connectivity index (χ4v) is 2.34. The van der Waals surface area contributed by atoms with Crippen molar-refractivity contribution in [3.8, 4) is 0 Å². The quantitative estimate of drug-likeness (QED) is 0.683. The SMILES string of the molecule is CC(C)OC1CCC2(CC1)OCCO2. The maximum atomic E-state index is 5.78. The van der Waals surface area contributed by atoms with Crippen molar-refractivity contribution in [3.63, 3.8) is 0 Å². The van der Waals surface area contributed by atoms with Crippen LogP contribution >= 0.6 is 0 Å². The van der Waals surface area contributed by atoms with Crippen LogP contribution in [0.1, 0.15) is 39.5 Å². The van der Waals surface area contributed by atoms with E-state index in [4.69, 9.17) is 14.2 Å². The van der Waals surface area contributed by atoms with Gasteiger partial charge in [0.15, 0.2) is 5.79 Å². The van der Waals surface area contributed by atoms with Crippen LogP contribution in [0.4, 0.5) is 0 Å². The standard InChI is InChI=1S/C11H20O3/c1-9(2)14-10-3-5-11(6-4-10)12-7-8-13-11/h9-10H,3-8H2,1-2H3. The van der Waals surface area contributed by atoms with E-state index in [-0.39, 0.29) is 5.79 Å².